The van der Waals surface area contributed by atoms with Crippen LogP contribution >= 0.6 is 0 Å². The van der Waals surface area contributed by atoms with Crippen LogP contribution in [0.5, 0.6) is 0 Å². The first-order valence-corrected chi connectivity index (χ1v) is 8.70. The van der Waals surface area contributed by atoms with E-state index in [1.165, 1.54) is 11.1 Å². The fraction of sp³-hybridized carbons (Fsp3) is 0.579. The van der Waals surface area contributed by atoms with Gasteiger partial charge >= 0.3 is 5.97 Å². The highest BCUT2D eigenvalue weighted by Gasteiger charge is 2.41. The van der Waals surface area contributed by atoms with Crippen LogP contribution in [-0.2, 0) is 16.0 Å². The minimum Gasteiger partial charge on any atom is -0.481 e. The molecule has 1 N–H and O–H groups in total. The molecule has 1 amide bonds. The molecule has 0 radical (unpaired) electrons. The summed E-state index contributed by atoms with van der Waals surface area (Å²) in [6.45, 7) is 3.19. The Morgan fingerprint density at radius 2 is 2.12 bits per heavy atom. The summed E-state index contributed by atoms with van der Waals surface area (Å²) in [6, 6.07) is 8.50. The molecule has 0 saturated carbocycles. The Morgan fingerprint density at radius 3 is 2.83 bits per heavy atom. The minimum absolute atomic E-state index is 0.0753. The lowest BCUT2D eigenvalue weighted by atomic mass is 9.87. The number of fused-ring (bicyclic) bond motifs is 1. The number of hydrogen-bond donors (Lipinski definition) is 1. The number of likely N-dealkylation sites (tertiary alicyclic amines) is 1. The van der Waals surface area contributed by atoms with Crippen LogP contribution in [0.25, 0.3) is 0 Å². The van der Waals surface area contributed by atoms with Crippen LogP contribution in [0.4, 0.5) is 0 Å². The van der Waals surface area contributed by atoms with Gasteiger partial charge in [-0.3, -0.25) is 14.5 Å². The Morgan fingerprint density at radius 1 is 1.38 bits per heavy atom. The van der Waals surface area contributed by atoms with Crippen LogP contribution in [-0.4, -0.2) is 53.5 Å². The molecule has 5 heteroatoms. The zero-order chi connectivity index (χ0) is 17.3. The summed E-state index contributed by atoms with van der Waals surface area (Å²) in [5.74, 6) is -0.696. The van der Waals surface area contributed by atoms with Crippen molar-refractivity contribution in [1.82, 2.24) is 9.80 Å². The van der Waals surface area contributed by atoms with Crippen LogP contribution in [0, 0.1) is 5.41 Å². The first-order valence-electron chi connectivity index (χ1n) is 8.70. The lowest BCUT2D eigenvalue weighted by Crippen LogP contribution is -2.41. The van der Waals surface area contributed by atoms with Crippen molar-refractivity contribution in [1.29, 1.82) is 0 Å². The standard InChI is InChI=1S/C19H26N2O3/c1-19(18(23)24)10-11-21(13-19)12-17(22)20(2)16-9-5-7-14-6-3-4-8-15(14)16/h3-4,6,8,16H,5,7,9-13H2,1-2H3,(H,23,24)/t16-,19+/m1/s1. The number of carboxylic acid groups (broad SMARTS) is 1. The van der Waals surface area contributed by atoms with E-state index < -0.39 is 11.4 Å². The van der Waals surface area contributed by atoms with Gasteiger partial charge in [0.1, 0.15) is 0 Å². The SMILES string of the molecule is CN(C(=O)CN1CC[C@](C)(C(=O)O)C1)[C@@H]1CCCc2ccccc21. The molecule has 130 valence electrons. The van der Waals surface area contributed by atoms with Crippen LogP contribution in [0.2, 0.25) is 0 Å². The van der Waals surface area contributed by atoms with Gasteiger partial charge in [0, 0.05) is 13.6 Å². The van der Waals surface area contributed by atoms with Crippen molar-refractivity contribution in [3.63, 3.8) is 0 Å². The van der Waals surface area contributed by atoms with Gasteiger partial charge in [0.25, 0.3) is 0 Å². The number of carboxylic acids is 1. The number of aryl methyl sites for hydroxylation is 1. The lowest BCUT2D eigenvalue weighted by Gasteiger charge is -2.34. The van der Waals surface area contributed by atoms with E-state index >= 15 is 0 Å². The molecule has 1 saturated heterocycles. The van der Waals surface area contributed by atoms with E-state index in [1.54, 1.807) is 6.92 Å². The molecule has 1 aliphatic heterocycles. The Kier molecular flexibility index (Phi) is 4.63. The third kappa shape index (κ3) is 3.18. The van der Waals surface area contributed by atoms with E-state index in [0.29, 0.717) is 26.1 Å². The summed E-state index contributed by atoms with van der Waals surface area (Å²) >= 11 is 0. The van der Waals surface area contributed by atoms with E-state index in [9.17, 15) is 14.7 Å². The largest absolute Gasteiger partial charge is 0.481 e. The lowest BCUT2D eigenvalue weighted by molar-refractivity contribution is -0.147. The predicted molar refractivity (Wildman–Crippen MR) is 91.7 cm³/mol. The highest BCUT2D eigenvalue weighted by Crippen LogP contribution is 2.34. The van der Waals surface area contributed by atoms with E-state index in [-0.39, 0.29) is 11.9 Å². The summed E-state index contributed by atoms with van der Waals surface area (Å²) in [7, 11) is 1.88. The van der Waals surface area contributed by atoms with Gasteiger partial charge in [-0.25, -0.2) is 0 Å². The summed E-state index contributed by atoms with van der Waals surface area (Å²) in [6.07, 6.45) is 3.77. The van der Waals surface area contributed by atoms with E-state index in [0.717, 1.165) is 19.3 Å². The highest BCUT2D eigenvalue weighted by molar-refractivity contribution is 5.79. The normalized spacial score (nSPS) is 26.8. The number of aliphatic carboxylic acids is 1. The number of rotatable bonds is 4. The van der Waals surface area contributed by atoms with Crippen LogP contribution in [0.1, 0.15) is 43.4 Å². The van der Waals surface area contributed by atoms with Crippen LogP contribution in [0.3, 0.4) is 0 Å². The number of nitrogens with zero attached hydrogens (tertiary/aromatic N) is 2. The van der Waals surface area contributed by atoms with Crippen molar-refractivity contribution in [3.8, 4) is 0 Å². The molecule has 2 aliphatic rings. The monoisotopic (exact) mass is 330 g/mol. The summed E-state index contributed by atoms with van der Waals surface area (Å²) in [4.78, 5) is 27.9. The molecular weight excluding hydrogens is 304 g/mol. The second kappa shape index (κ2) is 6.55. The molecule has 3 rings (SSSR count). The molecule has 1 fully saturated rings. The third-order valence-corrected chi connectivity index (χ3v) is 5.63. The summed E-state index contributed by atoms with van der Waals surface area (Å²) in [5, 5.41) is 9.32. The molecule has 0 aromatic heterocycles. The molecule has 0 spiro atoms. The van der Waals surface area contributed by atoms with Crippen LogP contribution in [0.15, 0.2) is 24.3 Å². The van der Waals surface area contributed by atoms with Crippen molar-refractivity contribution in [2.75, 3.05) is 26.7 Å². The van der Waals surface area contributed by atoms with Gasteiger partial charge in [-0.1, -0.05) is 24.3 Å². The number of carbonyl (C=O) groups excluding carboxylic acids is 1. The maximum atomic E-state index is 12.7. The Bertz CT molecular complexity index is 645. The van der Waals surface area contributed by atoms with Gasteiger partial charge in [0.05, 0.1) is 18.0 Å². The number of hydrogen-bond acceptors (Lipinski definition) is 3. The zero-order valence-electron chi connectivity index (χ0n) is 14.5. The molecule has 1 aromatic carbocycles. The average molecular weight is 330 g/mol. The second-order valence-corrected chi connectivity index (χ2v) is 7.44. The molecule has 2 atom stereocenters. The molecular formula is C19H26N2O3. The van der Waals surface area contributed by atoms with Crippen molar-refractivity contribution in [3.05, 3.63) is 35.4 Å². The highest BCUT2D eigenvalue weighted by atomic mass is 16.4. The van der Waals surface area contributed by atoms with Gasteiger partial charge < -0.3 is 10.0 Å². The van der Waals surface area contributed by atoms with Crippen LogP contribution < -0.4 is 0 Å². The van der Waals surface area contributed by atoms with Gasteiger partial charge in [-0.15, -0.1) is 0 Å². The first-order chi connectivity index (χ1) is 11.4. The first kappa shape index (κ1) is 17.0. The van der Waals surface area contributed by atoms with Gasteiger partial charge in [0.2, 0.25) is 5.91 Å². The van der Waals surface area contributed by atoms with Crippen molar-refractivity contribution in [2.24, 2.45) is 5.41 Å². The predicted octanol–water partition coefficient (Wildman–Crippen LogP) is 2.32. The van der Waals surface area contributed by atoms with E-state index in [1.807, 2.05) is 22.9 Å². The molecule has 0 unspecified atom stereocenters. The number of likely N-dealkylation sites (N-methyl/N-ethyl adjacent to an activating group) is 1. The fourth-order valence-corrected chi connectivity index (χ4v) is 3.97. The summed E-state index contributed by atoms with van der Waals surface area (Å²) < 4.78 is 0. The number of amides is 1. The number of carbonyl (C=O) groups is 2. The fourth-order valence-electron chi connectivity index (χ4n) is 3.97. The minimum atomic E-state index is -0.771. The maximum Gasteiger partial charge on any atom is 0.310 e. The van der Waals surface area contributed by atoms with E-state index in [4.69, 9.17) is 0 Å². The van der Waals surface area contributed by atoms with Gasteiger partial charge in [0.15, 0.2) is 0 Å². The number of benzene rings is 1. The topological polar surface area (TPSA) is 60.9 Å². The Hall–Kier alpha value is -1.88. The molecule has 1 heterocycles. The Balaban J connectivity index is 1.65. The van der Waals surface area contributed by atoms with Crippen molar-refractivity contribution >= 4 is 11.9 Å². The molecule has 1 aliphatic carbocycles. The second-order valence-electron chi connectivity index (χ2n) is 7.44. The average Bonchev–Trinajstić information content (AvgIpc) is 2.96. The third-order valence-electron chi connectivity index (χ3n) is 5.63. The van der Waals surface area contributed by atoms with Gasteiger partial charge in [-0.05, 0) is 50.3 Å². The smallest absolute Gasteiger partial charge is 0.310 e. The molecule has 24 heavy (non-hydrogen) atoms. The maximum absolute atomic E-state index is 12.7. The van der Waals surface area contributed by atoms with Crippen molar-refractivity contribution in [2.45, 2.75) is 38.6 Å². The zero-order valence-corrected chi connectivity index (χ0v) is 14.5. The van der Waals surface area contributed by atoms with Crippen molar-refractivity contribution < 1.29 is 14.7 Å². The molecule has 0 bridgehead atoms. The summed E-state index contributed by atoms with van der Waals surface area (Å²) in [5.41, 5.74) is 1.88. The Labute approximate surface area is 143 Å². The van der Waals surface area contributed by atoms with Gasteiger partial charge in [-0.2, -0.15) is 0 Å². The quantitative estimate of drug-likeness (QED) is 0.920. The van der Waals surface area contributed by atoms with E-state index in [2.05, 4.69) is 18.2 Å². The molecule has 5 nitrogen and oxygen atoms in total. The molecule has 1 aromatic rings.